The van der Waals surface area contributed by atoms with Crippen molar-refractivity contribution in [2.45, 2.75) is 51.4 Å². The number of hydrogen-bond donors (Lipinski definition) is 0. The summed E-state index contributed by atoms with van der Waals surface area (Å²) in [6.07, 6.45) is 10.2. The summed E-state index contributed by atoms with van der Waals surface area (Å²) >= 11 is 0. The quantitative estimate of drug-likeness (QED) is 0.545. The van der Waals surface area contributed by atoms with Gasteiger partial charge in [-0.1, -0.05) is 38.5 Å². The molecule has 1 rings (SSSR count). The molecule has 0 bridgehead atoms. The maximum atomic E-state index is 12.3. The first-order valence-electron chi connectivity index (χ1n) is 4.99. The summed E-state index contributed by atoms with van der Waals surface area (Å²) in [5, 5.41) is 0. The van der Waals surface area contributed by atoms with E-state index in [1.165, 1.54) is 38.5 Å². The minimum Gasteiger partial charge on any atom is -0.251 e. The Bertz CT molecular complexity index is 80.9. The van der Waals surface area contributed by atoms with Gasteiger partial charge in [0, 0.05) is 0 Å². The van der Waals surface area contributed by atoms with Crippen molar-refractivity contribution < 1.29 is 4.39 Å². The minimum atomic E-state index is -0.0833. The predicted molar refractivity (Wildman–Crippen MR) is 46.4 cm³/mol. The Hall–Kier alpha value is -0.0700. The summed E-state index contributed by atoms with van der Waals surface area (Å²) in [6.45, 7) is -0.0833. The van der Waals surface area contributed by atoms with Crippen LogP contribution in [0.25, 0.3) is 0 Å². The van der Waals surface area contributed by atoms with Gasteiger partial charge in [-0.15, -0.1) is 0 Å². The fourth-order valence-corrected chi connectivity index (χ4v) is 1.87. The maximum absolute atomic E-state index is 12.3. The van der Waals surface area contributed by atoms with Gasteiger partial charge in [0.25, 0.3) is 0 Å². The van der Waals surface area contributed by atoms with E-state index in [1.54, 1.807) is 0 Å². The molecule has 0 spiro atoms. The van der Waals surface area contributed by atoms with Crippen molar-refractivity contribution in [1.82, 2.24) is 0 Å². The van der Waals surface area contributed by atoms with Crippen LogP contribution in [0.3, 0.4) is 0 Å². The first-order chi connectivity index (χ1) is 5.43. The molecule has 0 aromatic carbocycles. The highest BCUT2D eigenvalue weighted by atomic mass is 19.1. The summed E-state index contributed by atoms with van der Waals surface area (Å²) in [7, 11) is 0. The molecule has 0 nitrogen and oxygen atoms in total. The van der Waals surface area contributed by atoms with Gasteiger partial charge in [-0.2, -0.15) is 0 Å². The largest absolute Gasteiger partial charge is 0.251 e. The van der Waals surface area contributed by atoms with Crippen molar-refractivity contribution >= 4 is 0 Å². The van der Waals surface area contributed by atoms with Crippen molar-refractivity contribution in [3.8, 4) is 0 Å². The predicted octanol–water partition coefficient (Wildman–Crippen LogP) is 3.71. The van der Waals surface area contributed by atoms with Gasteiger partial charge in [0.2, 0.25) is 0 Å². The highest BCUT2D eigenvalue weighted by molar-refractivity contribution is 4.61. The molecule has 0 aromatic heterocycles. The molecule has 1 aliphatic rings. The molecule has 0 saturated heterocycles. The van der Waals surface area contributed by atoms with Gasteiger partial charge in [0.15, 0.2) is 0 Å². The lowest BCUT2D eigenvalue weighted by Gasteiger charge is -2.09. The average molecular weight is 158 g/mol. The van der Waals surface area contributed by atoms with Crippen LogP contribution in [0, 0.1) is 5.92 Å². The van der Waals surface area contributed by atoms with E-state index in [0.717, 1.165) is 12.8 Å². The molecular weight excluding hydrogens is 139 g/mol. The normalized spacial score (nSPS) is 23.7. The summed E-state index contributed by atoms with van der Waals surface area (Å²) in [5.41, 5.74) is 0. The Kier molecular flexibility index (Phi) is 4.56. The summed E-state index contributed by atoms with van der Waals surface area (Å²) < 4.78 is 12.3. The van der Waals surface area contributed by atoms with E-state index in [2.05, 4.69) is 0 Å². The molecule has 0 heterocycles. The number of hydrogen-bond acceptors (Lipinski definition) is 0. The summed E-state index contributed by atoms with van der Waals surface area (Å²) in [4.78, 5) is 0. The molecule has 1 heteroatoms. The van der Waals surface area contributed by atoms with Crippen LogP contribution in [-0.4, -0.2) is 6.67 Å². The number of rotatable bonds is 1. The Morgan fingerprint density at radius 3 is 1.73 bits per heavy atom. The molecule has 11 heavy (non-hydrogen) atoms. The summed E-state index contributed by atoms with van der Waals surface area (Å²) in [6, 6.07) is 0. The molecule has 1 saturated carbocycles. The Labute approximate surface area is 69.2 Å². The standard InChI is InChI=1S/C10H19F/c11-9-10-7-5-3-1-2-4-6-8-10/h10H,1-9H2. The molecule has 1 fully saturated rings. The smallest absolute Gasteiger partial charge is 0.0922 e. The second-order valence-electron chi connectivity index (χ2n) is 3.72. The monoisotopic (exact) mass is 158 g/mol. The first-order valence-corrected chi connectivity index (χ1v) is 4.99. The molecule has 66 valence electrons. The van der Waals surface area contributed by atoms with Gasteiger partial charge in [0.05, 0.1) is 6.67 Å². The SMILES string of the molecule is FCC1CCCCCCCC1. The highest BCUT2D eigenvalue weighted by Crippen LogP contribution is 2.21. The van der Waals surface area contributed by atoms with Gasteiger partial charge in [-0.25, -0.2) is 0 Å². The highest BCUT2D eigenvalue weighted by Gasteiger charge is 2.09. The van der Waals surface area contributed by atoms with Gasteiger partial charge in [0.1, 0.15) is 0 Å². The van der Waals surface area contributed by atoms with Gasteiger partial charge in [-0.3, -0.25) is 4.39 Å². The lowest BCUT2D eigenvalue weighted by Crippen LogP contribution is -2.01. The van der Waals surface area contributed by atoms with Gasteiger partial charge >= 0.3 is 0 Å². The van der Waals surface area contributed by atoms with Crippen LogP contribution >= 0.6 is 0 Å². The van der Waals surface area contributed by atoms with Gasteiger partial charge < -0.3 is 0 Å². The Balaban J connectivity index is 2.19. The zero-order valence-corrected chi connectivity index (χ0v) is 7.32. The third-order valence-corrected chi connectivity index (χ3v) is 2.69. The van der Waals surface area contributed by atoms with Crippen LogP contribution in [0.4, 0.5) is 4.39 Å². The molecule has 0 unspecified atom stereocenters. The fraction of sp³-hybridized carbons (Fsp3) is 1.00. The van der Waals surface area contributed by atoms with Crippen molar-refractivity contribution in [2.24, 2.45) is 5.92 Å². The van der Waals surface area contributed by atoms with Crippen molar-refractivity contribution in [2.75, 3.05) is 6.67 Å². The van der Waals surface area contributed by atoms with E-state index >= 15 is 0 Å². The average Bonchev–Trinajstić information content (AvgIpc) is 2.16. The van der Waals surface area contributed by atoms with E-state index in [0.29, 0.717) is 5.92 Å². The molecule has 0 aliphatic heterocycles. The number of halogens is 1. The van der Waals surface area contributed by atoms with Crippen LogP contribution in [-0.2, 0) is 0 Å². The molecule has 1 aliphatic carbocycles. The fourth-order valence-electron chi connectivity index (χ4n) is 1.87. The second-order valence-corrected chi connectivity index (χ2v) is 3.72. The molecular formula is C10H19F. The van der Waals surface area contributed by atoms with E-state index in [9.17, 15) is 4.39 Å². The topological polar surface area (TPSA) is 0 Å². The Morgan fingerprint density at radius 1 is 0.818 bits per heavy atom. The molecule has 0 atom stereocenters. The van der Waals surface area contributed by atoms with Crippen LogP contribution in [0.1, 0.15) is 51.4 Å². The zero-order valence-electron chi connectivity index (χ0n) is 7.32. The van der Waals surface area contributed by atoms with Crippen molar-refractivity contribution in [1.29, 1.82) is 0 Å². The van der Waals surface area contributed by atoms with Crippen LogP contribution in [0.15, 0.2) is 0 Å². The third-order valence-electron chi connectivity index (χ3n) is 2.69. The second kappa shape index (κ2) is 5.56. The van der Waals surface area contributed by atoms with Crippen LogP contribution in [0.5, 0.6) is 0 Å². The third kappa shape index (κ3) is 3.74. The lowest BCUT2D eigenvalue weighted by atomic mass is 9.99. The lowest BCUT2D eigenvalue weighted by molar-refractivity contribution is 0.317. The van der Waals surface area contributed by atoms with Crippen molar-refractivity contribution in [3.05, 3.63) is 0 Å². The minimum absolute atomic E-state index is 0.0833. The van der Waals surface area contributed by atoms with E-state index in [-0.39, 0.29) is 6.67 Å². The molecule has 0 amide bonds. The molecule has 0 aromatic rings. The number of alkyl halides is 1. The maximum Gasteiger partial charge on any atom is 0.0922 e. The summed E-state index contributed by atoms with van der Waals surface area (Å²) in [5.74, 6) is 0.396. The van der Waals surface area contributed by atoms with Crippen molar-refractivity contribution in [3.63, 3.8) is 0 Å². The van der Waals surface area contributed by atoms with Crippen LogP contribution < -0.4 is 0 Å². The Morgan fingerprint density at radius 2 is 1.27 bits per heavy atom. The van der Waals surface area contributed by atoms with E-state index in [1.807, 2.05) is 0 Å². The first kappa shape index (κ1) is 9.02. The van der Waals surface area contributed by atoms with Crippen LogP contribution in [0.2, 0.25) is 0 Å². The van der Waals surface area contributed by atoms with E-state index in [4.69, 9.17) is 0 Å². The zero-order chi connectivity index (χ0) is 7.94. The van der Waals surface area contributed by atoms with Gasteiger partial charge in [-0.05, 0) is 18.8 Å². The molecule has 0 radical (unpaired) electrons. The van der Waals surface area contributed by atoms with E-state index < -0.39 is 0 Å². The molecule has 0 N–H and O–H groups in total.